The number of halogens is 1. The summed E-state index contributed by atoms with van der Waals surface area (Å²) in [6.07, 6.45) is 3.63. The number of hydrogen-bond acceptors (Lipinski definition) is 2. The molecule has 5 heteroatoms. The van der Waals surface area contributed by atoms with Crippen molar-refractivity contribution in [3.05, 3.63) is 46.7 Å². The van der Waals surface area contributed by atoms with Crippen LogP contribution in [0, 0.1) is 13.8 Å². The number of thiocarbonyl (C=S) groups is 1. The van der Waals surface area contributed by atoms with Crippen LogP contribution in [0.5, 0.6) is 0 Å². The molecular weight excluding hydrogens is 254 g/mol. The first-order valence-electron chi connectivity index (χ1n) is 5.15. The summed E-state index contributed by atoms with van der Waals surface area (Å²) in [6.45, 7) is 3.96. The van der Waals surface area contributed by atoms with Crippen LogP contribution in [-0.4, -0.2) is 14.9 Å². The first kappa shape index (κ1) is 12.1. The molecule has 0 saturated heterocycles. The van der Waals surface area contributed by atoms with Crippen molar-refractivity contribution >= 4 is 34.6 Å². The molecule has 2 rings (SSSR count). The molecule has 0 bridgehead atoms. The maximum atomic E-state index is 5.94. The maximum absolute atomic E-state index is 5.94. The highest BCUT2D eigenvalue weighted by Crippen LogP contribution is 2.20. The van der Waals surface area contributed by atoms with Crippen molar-refractivity contribution in [1.29, 1.82) is 0 Å². The van der Waals surface area contributed by atoms with Crippen molar-refractivity contribution in [1.82, 2.24) is 9.78 Å². The highest BCUT2D eigenvalue weighted by molar-refractivity contribution is 7.80. The molecule has 3 nitrogen and oxygen atoms in total. The second-order valence-corrected chi connectivity index (χ2v) is 4.67. The van der Waals surface area contributed by atoms with Gasteiger partial charge in [-0.15, -0.1) is 0 Å². The van der Waals surface area contributed by atoms with E-state index in [2.05, 4.69) is 10.4 Å². The third-order valence-corrected chi connectivity index (χ3v) is 2.89. The van der Waals surface area contributed by atoms with E-state index in [0.29, 0.717) is 10.1 Å². The zero-order valence-electron chi connectivity index (χ0n) is 9.57. The van der Waals surface area contributed by atoms with Gasteiger partial charge in [-0.1, -0.05) is 17.7 Å². The van der Waals surface area contributed by atoms with Crippen LogP contribution in [0.15, 0.2) is 30.6 Å². The topological polar surface area (TPSA) is 29.9 Å². The smallest absolute Gasteiger partial charge is 0.198 e. The Hall–Kier alpha value is -1.39. The maximum Gasteiger partial charge on any atom is 0.198 e. The monoisotopic (exact) mass is 265 g/mol. The van der Waals surface area contributed by atoms with E-state index in [1.807, 2.05) is 38.2 Å². The standard InChI is InChI=1S/C12H12ClN3S/c1-8-6-14-16(7-8)12(17)15-11-5-10(13)4-3-9(11)2/h3-7H,1-2H3,(H,15,17). The lowest BCUT2D eigenvalue weighted by Crippen LogP contribution is -2.19. The lowest BCUT2D eigenvalue weighted by Gasteiger charge is -2.10. The molecule has 1 heterocycles. The molecule has 88 valence electrons. The molecule has 1 aromatic carbocycles. The SMILES string of the molecule is Cc1cnn(C(=S)Nc2cc(Cl)ccc2C)c1. The van der Waals surface area contributed by atoms with Gasteiger partial charge in [0, 0.05) is 16.9 Å². The predicted molar refractivity (Wildman–Crippen MR) is 74.8 cm³/mol. The van der Waals surface area contributed by atoms with E-state index in [9.17, 15) is 0 Å². The van der Waals surface area contributed by atoms with Gasteiger partial charge in [0.15, 0.2) is 5.11 Å². The molecule has 1 N–H and O–H groups in total. The van der Waals surface area contributed by atoms with E-state index in [1.54, 1.807) is 10.9 Å². The van der Waals surface area contributed by atoms with E-state index >= 15 is 0 Å². The third-order valence-electron chi connectivity index (χ3n) is 2.36. The van der Waals surface area contributed by atoms with Crippen molar-refractivity contribution in [2.24, 2.45) is 0 Å². The predicted octanol–water partition coefficient (Wildman–Crippen LogP) is 3.40. The fraction of sp³-hybridized carbons (Fsp3) is 0.167. The minimum absolute atomic E-state index is 0.531. The number of anilines is 1. The zero-order valence-corrected chi connectivity index (χ0v) is 11.1. The Morgan fingerprint density at radius 2 is 2.18 bits per heavy atom. The zero-order chi connectivity index (χ0) is 12.4. The minimum Gasteiger partial charge on any atom is -0.331 e. The van der Waals surface area contributed by atoms with Gasteiger partial charge in [-0.2, -0.15) is 5.10 Å². The number of nitrogens with zero attached hydrogens (tertiary/aromatic N) is 2. The van der Waals surface area contributed by atoms with Gasteiger partial charge in [0.05, 0.1) is 6.20 Å². The molecule has 0 spiro atoms. The summed E-state index contributed by atoms with van der Waals surface area (Å²) in [5.74, 6) is 0. The van der Waals surface area contributed by atoms with Crippen molar-refractivity contribution in [2.45, 2.75) is 13.8 Å². The average Bonchev–Trinajstić information content (AvgIpc) is 2.70. The van der Waals surface area contributed by atoms with E-state index < -0.39 is 0 Å². The average molecular weight is 266 g/mol. The van der Waals surface area contributed by atoms with Gasteiger partial charge in [0.1, 0.15) is 0 Å². The summed E-state index contributed by atoms with van der Waals surface area (Å²) >= 11 is 11.2. The number of rotatable bonds is 1. The van der Waals surface area contributed by atoms with E-state index in [4.69, 9.17) is 23.8 Å². The molecule has 0 amide bonds. The molecule has 1 aromatic heterocycles. The van der Waals surface area contributed by atoms with E-state index in [-0.39, 0.29) is 0 Å². The molecule has 0 saturated carbocycles. The summed E-state index contributed by atoms with van der Waals surface area (Å²) in [4.78, 5) is 0. The van der Waals surface area contributed by atoms with Gasteiger partial charge in [-0.25, -0.2) is 4.68 Å². The Balaban J connectivity index is 2.21. The summed E-state index contributed by atoms with van der Waals surface area (Å²) in [5.41, 5.74) is 3.05. The molecule has 0 radical (unpaired) electrons. The molecule has 2 aromatic rings. The van der Waals surface area contributed by atoms with E-state index in [1.165, 1.54) is 0 Å². The highest BCUT2D eigenvalue weighted by Gasteiger charge is 2.04. The first-order chi connectivity index (χ1) is 8.06. The van der Waals surface area contributed by atoms with Crippen LogP contribution in [0.3, 0.4) is 0 Å². The summed E-state index contributed by atoms with van der Waals surface area (Å²) in [5, 5.41) is 8.48. The van der Waals surface area contributed by atoms with Crippen LogP contribution in [0.1, 0.15) is 11.1 Å². The summed E-state index contributed by atoms with van der Waals surface area (Å²) in [7, 11) is 0. The molecular formula is C12H12ClN3S. The summed E-state index contributed by atoms with van der Waals surface area (Å²) < 4.78 is 1.63. The molecule has 0 aliphatic heterocycles. The third kappa shape index (κ3) is 2.84. The number of hydrogen-bond donors (Lipinski definition) is 1. The number of aryl methyl sites for hydroxylation is 2. The van der Waals surface area contributed by atoms with Crippen molar-refractivity contribution in [2.75, 3.05) is 5.32 Å². The fourth-order valence-corrected chi connectivity index (χ4v) is 1.81. The second-order valence-electron chi connectivity index (χ2n) is 3.85. The van der Waals surface area contributed by atoms with Crippen LogP contribution in [0.25, 0.3) is 0 Å². The molecule has 0 unspecified atom stereocenters. The molecule has 0 aliphatic carbocycles. The van der Waals surface area contributed by atoms with Gasteiger partial charge in [0.25, 0.3) is 0 Å². The van der Waals surface area contributed by atoms with Gasteiger partial charge >= 0.3 is 0 Å². The Morgan fingerprint density at radius 1 is 1.41 bits per heavy atom. The van der Waals surface area contributed by atoms with Gasteiger partial charge in [-0.3, -0.25) is 0 Å². The Kier molecular flexibility index (Phi) is 3.45. The van der Waals surface area contributed by atoms with Gasteiger partial charge in [0.2, 0.25) is 0 Å². The number of aromatic nitrogens is 2. The highest BCUT2D eigenvalue weighted by atomic mass is 35.5. The molecule has 17 heavy (non-hydrogen) atoms. The van der Waals surface area contributed by atoms with Crippen molar-refractivity contribution in [3.8, 4) is 0 Å². The Bertz CT molecular complexity index is 563. The number of benzene rings is 1. The quantitative estimate of drug-likeness (QED) is 0.802. The van der Waals surface area contributed by atoms with Crippen LogP contribution in [0.2, 0.25) is 5.02 Å². The summed E-state index contributed by atoms with van der Waals surface area (Å²) in [6, 6.07) is 5.64. The number of nitrogens with one attached hydrogen (secondary N) is 1. The molecule has 0 atom stereocenters. The van der Waals surface area contributed by atoms with Gasteiger partial charge < -0.3 is 5.32 Å². The van der Waals surface area contributed by atoms with Crippen LogP contribution in [0.4, 0.5) is 5.69 Å². The van der Waals surface area contributed by atoms with Crippen molar-refractivity contribution < 1.29 is 0 Å². The normalized spacial score (nSPS) is 10.3. The van der Waals surface area contributed by atoms with Gasteiger partial charge in [-0.05, 0) is 49.3 Å². The first-order valence-corrected chi connectivity index (χ1v) is 5.93. The van der Waals surface area contributed by atoms with E-state index in [0.717, 1.165) is 16.8 Å². The Morgan fingerprint density at radius 3 is 2.82 bits per heavy atom. The van der Waals surface area contributed by atoms with Crippen LogP contribution >= 0.6 is 23.8 Å². The van der Waals surface area contributed by atoms with Crippen LogP contribution in [-0.2, 0) is 0 Å². The molecule has 0 fully saturated rings. The largest absolute Gasteiger partial charge is 0.331 e. The van der Waals surface area contributed by atoms with Crippen molar-refractivity contribution in [3.63, 3.8) is 0 Å². The fourth-order valence-electron chi connectivity index (χ4n) is 1.43. The lowest BCUT2D eigenvalue weighted by atomic mass is 10.2. The van der Waals surface area contributed by atoms with Crippen LogP contribution < -0.4 is 5.32 Å². The Labute approximate surface area is 110 Å². The molecule has 0 aliphatic rings. The lowest BCUT2D eigenvalue weighted by molar-refractivity contribution is 0.946. The second kappa shape index (κ2) is 4.85. The minimum atomic E-state index is 0.531.